The van der Waals surface area contributed by atoms with Gasteiger partial charge in [0.05, 0.1) is 12.8 Å². The van der Waals surface area contributed by atoms with Crippen LogP contribution in [0.4, 0.5) is 4.39 Å². The maximum atomic E-state index is 11.5. The average Bonchev–Trinajstić information content (AvgIpc) is 2.14. The third kappa shape index (κ3) is 0.857. The van der Waals surface area contributed by atoms with Crippen LogP contribution in [-0.4, -0.2) is 12.6 Å². The average molecular weight is 116 g/mol. The molecule has 0 saturated carbocycles. The van der Waals surface area contributed by atoms with Gasteiger partial charge in [0.2, 0.25) is 0 Å². The largest absolute Gasteiger partial charge is 0.461 e. The Labute approximate surface area is 45.9 Å². The van der Waals surface area contributed by atoms with Gasteiger partial charge in [0.25, 0.3) is 0 Å². The molecule has 3 heteroatoms. The second-order valence-electron chi connectivity index (χ2n) is 1.60. The molecule has 0 radical (unpaired) electrons. The molecule has 0 spiro atoms. The van der Waals surface area contributed by atoms with E-state index < -0.39 is 0 Å². The fourth-order valence-electron chi connectivity index (χ4n) is 0.531. The van der Waals surface area contributed by atoms with Gasteiger partial charge in [-0.3, -0.25) is 4.79 Å². The first kappa shape index (κ1) is 5.28. The molecule has 1 aliphatic rings. The Morgan fingerprint density at radius 2 is 2.50 bits per heavy atom. The van der Waals surface area contributed by atoms with Crippen LogP contribution in [0.15, 0.2) is 11.9 Å². The molecule has 0 atom stereocenters. The quantitative estimate of drug-likeness (QED) is 0.437. The lowest BCUT2D eigenvalue weighted by molar-refractivity contribution is -0.137. The van der Waals surface area contributed by atoms with Gasteiger partial charge >= 0.3 is 5.97 Å². The van der Waals surface area contributed by atoms with Gasteiger partial charge in [-0.15, -0.1) is 0 Å². The van der Waals surface area contributed by atoms with Crippen LogP contribution in [0.3, 0.4) is 0 Å². The van der Waals surface area contributed by atoms with Gasteiger partial charge in [-0.2, -0.15) is 0 Å². The summed E-state index contributed by atoms with van der Waals surface area (Å²) >= 11 is 0. The Kier molecular flexibility index (Phi) is 1.28. The molecule has 8 heavy (non-hydrogen) atoms. The van der Waals surface area contributed by atoms with Crippen molar-refractivity contribution in [2.24, 2.45) is 0 Å². The number of halogens is 1. The number of hydrogen-bond acceptors (Lipinski definition) is 2. The maximum absolute atomic E-state index is 11.5. The zero-order valence-electron chi connectivity index (χ0n) is 4.19. The summed E-state index contributed by atoms with van der Waals surface area (Å²) < 4.78 is 15.9. The molecule has 0 aromatic rings. The van der Waals surface area contributed by atoms with Gasteiger partial charge in [-0.05, 0) is 0 Å². The van der Waals surface area contributed by atoms with E-state index in [2.05, 4.69) is 4.74 Å². The van der Waals surface area contributed by atoms with E-state index >= 15 is 0 Å². The first-order valence-electron chi connectivity index (χ1n) is 2.26. The van der Waals surface area contributed by atoms with Crippen LogP contribution in [0, 0.1) is 0 Å². The van der Waals surface area contributed by atoms with Crippen molar-refractivity contribution in [2.45, 2.75) is 6.42 Å². The van der Waals surface area contributed by atoms with Crippen LogP contribution in [-0.2, 0) is 9.53 Å². The summed E-state index contributed by atoms with van der Waals surface area (Å²) in [6.45, 7) is 0.134. The molecule has 1 rings (SSSR count). The topological polar surface area (TPSA) is 26.3 Å². The van der Waals surface area contributed by atoms with Crippen molar-refractivity contribution in [1.82, 2.24) is 0 Å². The molecule has 0 aromatic heterocycles. The highest BCUT2D eigenvalue weighted by Gasteiger charge is 2.15. The molecule has 44 valence electrons. The third-order valence-electron chi connectivity index (χ3n) is 0.944. The summed E-state index contributed by atoms with van der Waals surface area (Å²) in [5.41, 5.74) is 0.426. The van der Waals surface area contributed by atoms with E-state index in [4.69, 9.17) is 0 Å². The van der Waals surface area contributed by atoms with Crippen LogP contribution in [0.5, 0.6) is 0 Å². The van der Waals surface area contributed by atoms with E-state index in [0.717, 1.165) is 0 Å². The molecule has 0 aromatic carbocycles. The molecule has 2 nitrogen and oxygen atoms in total. The number of hydrogen-bond donors (Lipinski definition) is 0. The predicted octanol–water partition coefficient (Wildman–Crippen LogP) is 0.787. The minimum atomic E-state index is -0.339. The first-order valence-corrected chi connectivity index (χ1v) is 2.26. The van der Waals surface area contributed by atoms with E-state index in [-0.39, 0.29) is 19.0 Å². The molecule has 0 aliphatic carbocycles. The summed E-state index contributed by atoms with van der Waals surface area (Å²) in [5.74, 6) is -0.339. The number of rotatable bonds is 0. The molecule has 1 aliphatic heterocycles. The number of carbonyl (C=O) groups excluding carboxylic acids is 1. The maximum Gasteiger partial charge on any atom is 0.310 e. The lowest BCUT2D eigenvalue weighted by Gasteiger charge is -1.82. The van der Waals surface area contributed by atoms with E-state index in [1.807, 2.05) is 0 Å². The molecule has 0 amide bonds. The minimum Gasteiger partial charge on any atom is -0.461 e. The second kappa shape index (κ2) is 1.94. The lowest BCUT2D eigenvalue weighted by atomic mass is 10.3. The highest BCUT2D eigenvalue weighted by molar-refractivity contribution is 5.75. The third-order valence-corrected chi connectivity index (χ3v) is 0.944. The van der Waals surface area contributed by atoms with Gasteiger partial charge in [-0.25, -0.2) is 4.39 Å². The molecule has 0 bridgehead atoms. The summed E-state index contributed by atoms with van der Waals surface area (Å²) in [7, 11) is 0. The Hall–Kier alpha value is -0.860. The summed E-state index contributed by atoms with van der Waals surface area (Å²) in [5, 5.41) is 0. The SMILES string of the molecule is O=C1C/C(=C\F)CO1. The van der Waals surface area contributed by atoms with Gasteiger partial charge in [0.1, 0.15) is 6.61 Å². The van der Waals surface area contributed by atoms with Gasteiger partial charge in [-0.1, -0.05) is 0 Å². The van der Waals surface area contributed by atoms with E-state index in [1.165, 1.54) is 0 Å². The summed E-state index contributed by atoms with van der Waals surface area (Å²) in [4.78, 5) is 10.2. The van der Waals surface area contributed by atoms with E-state index in [1.54, 1.807) is 0 Å². The normalized spacial score (nSPS) is 24.1. The molecule has 1 heterocycles. The highest BCUT2D eigenvalue weighted by Crippen LogP contribution is 2.11. The van der Waals surface area contributed by atoms with Crippen LogP contribution < -0.4 is 0 Å². The monoisotopic (exact) mass is 116 g/mol. The first-order chi connectivity index (χ1) is 3.83. The van der Waals surface area contributed by atoms with Gasteiger partial charge in [0.15, 0.2) is 0 Å². The van der Waals surface area contributed by atoms with E-state index in [0.29, 0.717) is 11.9 Å². The standard InChI is InChI=1S/C5H5FO2/c6-2-4-1-5(7)8-3-4/h2H,1,3H2/b4-2+. The molecule has 1 saturated heterocycles. The second-order valence-corrected chi connectivity index (χ2v) is 1.60. The lowest BCUT2D eigenvalue weighted by Crippen LogP contribution is -1.88. The predicted molar refractivity (Wildman–Crippen MR) is 24.8 cm³/mol. The van der Waals surface area contributed by atoms with Gasteiger partial charge in [0, 0.05) is 5.57 Å². The number of ether oxygens (including phenoxy) is 1. The Morgan fingerprint density at radius 3 is 2.75 bits per heavy atom. The van der Waals surface area contributed by atoms with Crippen molar-refractivity contribution < 1.29 is 13.9 Å². The fourth-order valence-corrected chi connectivity index (χ4v) is 0.531. The minimum absolute atomic E-state index is 0.122. The summed E-state index contributed by atoms with van der Waals surface area (Å²) in [6.07, 6.45) is 0.543. The van der Waals surface area contributed by atoms with Crippen molar-refractivity contribution in [3.05, 3.63) is 11.9 Å². The summed E-state index contributed by atoms with van der Waals surface area (Å²) in [6, 6.07) is 0. The zero-order valence-corrected chi connectivity index (χ0v) is 4.19. The molecule has 0 N–H and O–H groups in total. The van der Waals surface area contributed by atoms with Crippen molar-refractivity contribution >= 4 is 5.97 Å². The smallest absolute Gasteiger partial charge is 0.310 e. The van der Waals surface area contributed by atoms with Gasteiger partial charge < -0.3 is 4.74 Å². The van der Waals surface area contributed by atoms with E-state index in [9.17, 15) is 9.18 Å². The Balaban J connectivity index is 2.56. The molecule has 1 fully saturated rings. The van der Waals surface area contributed by atoms with Crippen LogP contribution >= 0.6 is 0 Å². The molecular weight excluding hydrogens is 111 g/mol. The fraction of sp³-hybridized carbons (Fsp3) is 0.400. The van der Waals surface area contributed by atoms with Crippen molar-refractivity contribution in [2.75, 3.05) is 6.61 Å². The molecule has 0 unspecified atom stereocenters. The van der Waals surface area contributed by atoms with Crippen molar-refractivity contribution in [1.29, 1.82) is 0 Å². The van der Waals surface area contributed by atoms with Crippen molar-refractivity contribution in [3.63, 3.8) is 0 Å². The van der Waals surface area contributed by atoms with Crippen LogP contribution in [0.25, 0.3) is 0 Å². The number of cyclic esters (lactones) is 1. The number of esters is 1. The highest BCUT2D eigenvalue weighted by atomic mass is 19.1. The Morgan fingerprint density at radius 1 is 1.75 bits per heavy atom. The van der Waals surface area contributed by atoms with Crippen LogP contribution in [0.1, 0.15) is 6.42 Å². The molecular formula is C5H5FO2. The zero-order chi connectivity index (χ0) is 5.98. The van der Waals surface area contributed by atoms with Crippen LogP contribution in [0.2, 0.25) is 0 Å². The number of carbonyl (C=O) groups is 1. The van der Waals surface area contributed by atoms with Crippen molar-refractivity contribution in [3.8, 4) is 0 Å². The Bertz CT molecular complexity index is 139.